The van der Waals surface area contributed by atoms with Crippen LogP contribution in [-0.4, -0.2) is 16.1 Å². The molecule has 4 heteroatoms. The van der Waals surface area contributed by atoms with Crippen LogP contribution in [0.2, 0.25) is 0 Å². The Morgan fingerprint density at radius 2 is 1.93 bits per heavy atom. The van der Waals surface area contributed by atoms with Gasteiger partial charge in [-0.3, -0.25) is 4.98 Å². The van der Waals surface area contributed by atoms with E-state index >= 15 is 0 Å². The molecule has 2 N–H and O–H groups in total. The molecule has 1 saturated carbocycles. The molecule has 0 amide bonds. The lowest BCUT2D eigenvalue weighted by Gasteiger charge is -2.15. The largest absolute Gasteiger partial charge is 0.360 e. The molecule has 1 aromatic rings. The Kier molecular flexibility index (Phi) is 3.50. The molecule has 1 heterocycles. The molecule has 1 aliphatic rings. The topological polar surface area (TPSA) is 37.0 Å². The Labute approximate surface area is 95.3 Å². The summed E-state index contributed by atoms with van der Waals surface area (Å²) in [6.07, 6.45) is 8.60. The van der Waals surface area contributed by atoms with Gasteiger partial charge in [-0.1, -0.05) is 12.8 Å². The number of hydrogen-bond donors (Lipinski definition) is 2. The Morgan fingerprint density at radius 3 is 2.60 bits per heavy atom. The Hall–Kier alpha value is -1.16. The zero-order valence-corrected chi connectivity index (χ0v) is 9.39. The fourth-order valence-electron chi connectivity index (χ4n) is 1.86. The van der Waals surface area contributed by atoms with Crippen molar-refractivity contribution in [1.82, 2.24) is 10.3 Å². The van der Waals surface area contributed by atoms with Gasteiger partial charge in [-0.2, -0.15) is 0 Å². The highest BCUT2D eigenvalue weighted by Crippen LogP contribution is 2.17. The van der Waals surface area contributed by atoms with E-state index in [9.17, 15) is 0 Å². The van der Waals surface area contributed by atoms with E-state index < -0.39 is 0 Å². The number of nitrogens with zero attached hydrogens (tertiary/aromatic N) is 1. The summed E-state index contributed by atoms with van der Waals surface area (Å²) in [5, 5.41) is 7.19. The molecule has 1 aliphatic carbocycles. The van der Waals surface area contributed by atoms with E-state index in [1.807, 2.05) is 12.1 Å². The third kappa shape index (κ3) is 3.16. The number of anilines is 1. The van der Waals surface area contributed by atoms with Crippen molar-refractivity contribution in [3.63, 3.8) is 0 Å². The Bertz CT molecular complexity index is 320. The highest BCUT2D eigenvalue weighted by atomic mass is 32.1. The summed E-state index contributed by atoms with van der Waals surface area (Å²) in [4.78, 5) is 3.95. The fraction of sp³-hybridized carbons (Fsp3) is 0.455. The molecule has 0 saturated heterocycles. The average Bonchev–Trinajstić information content (AvgIpc) is 2.71. The molecule has 0 spiro atoms. The van der Waals surface area contributed by atoms with Crippen LogP contribution in [0, 0.1) is 0 Å². The third-order valence-electron chi connectivity index (χ3n) is 2.63. The van der Waals surface area contributed by atoms with Gasteiger partial charge in [-0.25, -0.2) is 0 Å². The fourth-order valence-corrected chi connectivity index (χ4v) is 2.14. The van der Waals surface area contributed by atoms with Crippen molar-refractivity contribution in [3.05, 3.63) is 24.5 Å². The van der Waals surface area contributed by atoms with Gasteiger partial charge in [0, 0.05) is 24.1 Å². The molecule has 0 radical (unpaired) electrons. The predicted molar refractivity (Wildman–Crippen MR) is 65.8 cm³/mol. The zero-order chi connectivity index (χ0) is 10.5. The predicted octanol–water partition coefficient (Wildman–Crippen LogP) is 2.31. The first-order valence-corrected chi connectivity index (χ1v) is 5.73. The highest BCUT2D eigenvalue weighted by molar-refractivity contribution is 7.80. The average molecular weight is 221 g/mol. The Balaban J connectivity index is 1.82. The molecular weight excluding hydrogens is 206 g/mol. The van der Waals surface area contributed by atoms with Crippen molar-refractivity contribution in [2.24, 2.45) is 0 Å². The van der Waals surface area contributed by atoms with Crippen molar-refractivity contribution in [2.75, 3.05) is 5.32 Å². The molecule has 0 bridgehead atoms. The lowest BCUT2D eigenvalue weighted by atomic mass is 10.2. The molecule has 15 heavy (non-hydrogen) atoms. The monoisotopic (exact) mass is 221 g/mol. The zero-order valence-electron chi connectivity index (χ0n) is 8.57. The van der Waals surface area contributed by atoms with Gasteiger partial charge in [0.15, 0.2) is 5.11 Å². The minimum absolute atomic E-state index is 0.562. The van der Waals surface area contributed by atoms with Crippen LogP contribution in [-0.2, 0) is 0 Å². The Morgan fingerprint density at radius 1 is 1.27 bits per heavy atom. The smallest absolute Gasteiger partial charge is 0.170 e. The second kappa shape index (κ2) is 5.07. The van der Waals surface area contributed by atoms with Crippen molar-refractivity contribution < 1.29 is 0 Å². The van der Waals surface area contributed by atoms with Crippen LogP contribution in [0.15, 0.2) is 24.5 Å². The van der Waals surface area contributed by atoms with Crippen LogP contribution >= 0.6 is 12.2 Å². The summed E-state index contributed by atoms with van der Waals surface area (Å²) < 4.78 is 0. The number of rotatable bonds is 2. The molecular formula is C11H15N3S. The summed E-state index contributed by atoms with van der Waals surface area (Å²) >= 11 is 5.23. The van der Waals surface area contributed by atoms with Gasteiger partial charge in [-0.05, 0) is 37.2 Å². The highest BCUT2D eigenvalue weighted by Gasteiger charge is 2.15. The minimum Gasteiger partial charge on any atom is -0.360 e. The molecule has 1 aromatic heterocycles. The molecule has 80 valence electrons. The van der Waals surface area contributed by atoms with E-state index in [2.05, 4.69) is 15.6 Å². The summed E-state index contributed by atoms with van der Waals surface area (Å²) in [6.45, 7) is 0. The van der Waals surface area contributed by atoms with Gasteiger partial charge in [0.05, 0.1) is 0 Å². The minimum atomic E-state index is 0.562. The molecule has 1 fully saturated rings. The van der Waals surface area contributed by atoms with E-state index in [1.54, 1.807) is 12.4 Å². The second-order valence-electron chi connectivity index (χ2n) is 3.82. The third-order valence-corrected chi connectivity index (χ3v) is 2.85. The molecule has 0 aliphatic heterocycles. The van der Waals surface area contributed by atoms with E-state index in [0.717, 1.165) is 5.69 Å². The molecule has 3 nitrogen and oxygen atoms in total. The number of hydrogen-bond acceptors (Lipinski definition) is 2. The van der Waals surface area contributed by atoms with Gasteiger partial charge in [0.25, 0.3) is 0 Å². The van der Waals surface area contributed by atoms with Crippen LogP contribution in [0.5, 0.6) is 0 Å². The van der Waals surface area contributed by atoms with Crippen molar-refractivity contribution >= 4 is 23.0 Å². The van der Waals surface area contributed by atoms with Gasteiger partial charge < -0.3 is 10.6 Å². The maximum atomic E-state index is 5.23. The standard InChI is InChI=1S/C11H15N3S/c15-11(13-9-3-1-2-4-9)14-10-5-7-12-8-6-10/h5-9H,1-4H2,(H2,12,13,14,15). The second-order valence-corrected chi connectivity index (χ2v) is 4.22. The number of nitrogens with one attached hydrogen (secondary N) is 2. The summed E-state index contributed by atoms with van der Waals surface area (Å²) in [5.41, 5.74) is 0.987. The van der Waals surface area contributed by atoms with Gasteiger partial charge in [0.2, 0.25) is 0 Å². The van der Waals surface area contributed by atoms with Crippen LogP contribution in [0.4, 0.5) is 5.69 Å². The quantitative estimate of drug-likeness (QED) is 0.751. The normalized spacial score (nSPS) is 16.3. The SMILES string of the molecule is S=C(Nc1ccncc1)NC1CCCC1. The first-order valence-electron chi connectivity index (χ1n) is 5.32. The van der Waals surface area contributed by atoms with Crippen LogP contribution in [0.25, 0.3) is 0 Å². The molecule has 0 aromatic carbocycles. The molecule has 2 rings (SSSR count). The number of pyridine rings is 1. The van der Waals surface area contributed by atoms with Gasteiger partial charge in [0.1, 0.15) is 0 Å². The number of thiocarbonyl (C=S) groups is 1. The summed E-state index contributed by atoms with van der Waals surface area (Å²) in [5.74, 6) is 0. The number of aromatic nitrogens is 1. The van der Waals surface area contributed by atoms with E-state index in [0.29, 0.717) is 11.2 Å². The van der Waals surface area contributed by atoms with E-state index in [4.69, 9.17) is 12.2 Å². The van der Waals surface area contributed by atoms with Crippen molar-refractivity contribution in [3.8, 4) is 0 Å². The van der Waals surface area contributed by atoms with E-state index in [-0.39, 0.29) is 0 Å². The maximum Gasteiger partial charge on any atom is 0.170 e. The molecule has 0 unspecified atom stereocenters. The maximum absolute atomic E-state index is 5.23. The van der Waals surface area contributed by atoms with Gasteiger partial charge >= 0.3 is 0 Å². The van der Waals surface area contributed by atoms with Crippen LogP contribution in [0.1, 0.15) is 25.7 Å². The van der Waals surface area contributed by atoms with Gasteiger partial charge in [-0.15, -0.1) is 0 Å². The van der Waals surface area contributed by atoms with Crippen LogP contribution < -0.4 is 10.6 Å². The summed E-state index contributed by atoms with van der Waals surface area (Å²) in [6, 6.07) is 4.37. The van der Waals surface area contributed by atoms with Crippen molar-refractivity contribution in [2.45, 2.75) is 31.7 Å². The first-order chi connectivity index (χ1) is 7.34. The summed E-state index contributed by atoms with van der Waals surface area (Å²) in [7, 11) is 0. The first kappa shape index (κ1) is 10.4. The lowest BCUT2D eigenvalue weighted by molar-refractivity contribution is 0.634. The lowest BCUT2D eigenvalue weighted by Crippen LogP contribution is -2.35. The van der Waals surface area contributed by atoms with Crippen LogP contribution in [0.3, 0.4) is 0 Å². The van der Waals surface area contributed by atoms with Crippen molar-refractivity contribution in [1.29, 1.82) is 0 Å². The van der Waals surface area contributed by atoms with E-state index in [1.165, 1.54) is 25.7 Å². The molecule has 0 atom stereocenters.